The molecule has 0 heterocycles. The van der Waals surface area contributed by atoms with Gasteiger partial charge in [-0.15, -0.1) is 0 Å². The average molecular weight is 495 g/mol. The van der Waals surface area contributed by atoms with Crippen molar-refractivity contribution in [2.75, 3.05) is 0 Å². The highest BCUT2D eigenvalue weighted by molar-refractivity contribution is 5.80. The third-order valence-corrected chi connectivity index (χ3v) is 6.03. The third kappa shape index (κ3) is 5.03. The SMILES string of the molecule is Cc1cc(C)c(Oc2ccc(C#N)c(C#N)c2)c(-c2cc(C)cc(C)c2Oc2ccc(C#N)c(C#N)c2)c1. The summed E-state index contributed by atoms with van der Waals surface area (Å²) >= 11 is 0. The first-order valence-corrected chi connectivity index (χ1v) is 11.7. The van der Waals surface area contributed by atoms with Crippen LogP contribution in [-0.2, 0) is 0 Å². The number of benzene rings is 4. The van der Waals surface area contributed by atoms with Gasteiger partial charge < -0.3 is 9.47 Å². The molecule has 0 aliphatic rings. The smallest absolute Gasteiger partial charge is 0.138 e. The molecular formula is C32H22N4O2. The molecule has 0 aliphatic carbocycles. The lowest BCUT2D eigenvalue weighted by molar-refractivity contribution is 0.473. The normalized spacial score (nSPS) is 10.0. The number of rotatable bonds is 5. The summed E-state index contributed by atoms with van der Waals surface area (Å²) in [4.78, 5) is 0. The fourth-order valence-corrected chi connectivity index (χ4v) is 4.37. The Morgan fingerprint density at radius 3 is 1.18 bits per heavy atom. The van der Waals surface area contributed by atoms with E-state index in [0.717, 1.165) is 33.4 Å². The number of ether oxygens (including phenoxy) is 2. The second kappa shape index (κ2) is 10.6. The van der Waals surface area contributed by atoms with Crippen molar-refractivity contribution < 1.29 is 9.47 Å². The Morgan fingerprint density at radius 1 is 0.474 bits per heavy atom. The lowest BCUT2D eigenvalue weighted by Crippen LogP contribution is -1.98. The number of hydrogen-bond donors (Lipinski definition) is 0. The van der Waals surface area contributed by atoms with Crippen molar-refractivity contribution in [1.82, 2.24) is 0 Å². The van der Waals surface area contributed by atoms with Crippen LogP contribution in [-0.4, -0.2) is 0 Å². The molecule has 4 aromatic rings. The van der Waals surface area contributed by atoms with Crippen LogP contribution in [0.3, 0.4) is 0 Å². The van der Waals surface area contributed by atoms with Crippen LogP contribution < -0.4 is 9.47 Å². The zero-order chi connectivity index (χ0) is 27.4. The van der Waals surface area contributed by atoms with Gasteiger partial charge in [-0.3, -0.25) is 0 Å². The second-order valence-electron chi connectivity index (χ2n) is 8.98. The largest absolute Gasteiger partial charge is 0.456 e. The maximum Gasteiger partial charge on any atom is 0.138 e. The van der Waals surface area contributed by atoms with Crippen molar-refractivity contribution in [3.63, 3.8) is 0 Å². The van der Waals surface area contributed by atoms with Gasteiger partial charge in [-0.25, -0.2) is 0 Å². The minimum Gasteiger partial charge on any atom is -0.456 e. The van der Waals surface area contributed by atoms with E-state index in [2.05, 4.69) is 0 Å². The Balaban J connectivity index is 1.88. The molecule has 0 bridgehead atoms. The molecule has 4 aromatic carbocycles. The molecule has 4 rings (SSSR count). The quantitative estimate of drug-likeness (QED) is 0.281. The summed E-state index contributed by atoms with van der Waals surface area (Å²) in [5.41, 5.74) is 6.45. The van der Waals surface area contributed by atoms with Crippen molar-refractivity contribution in [1.29, 1.82) is 21.0 Å². The molecule has 0 unspecified atom stereocenters. The first kappa shape index (κ1) is 25.5. The van der Waals surface area contributed by atoms with Crippen LogP contribution in [0.25, 0.3) is 11.1 Å². The highest BCUT2D eigenvalue weighted by Crippen LogP contribution is 2.44. The van der Waals surface area contributed by atoms with Crippen molar-refractivity contribution in [2.45, 2.75) is 27.7 Å². The summed E-state index contributed by atoms with van der Waals surface area (Å²) in [5, 5.41) is 37.5. The van der Waals surface area contributed by atoms with Crippen molar-refractivity contribution in [3.8, 4) is 58.4 Å². The van der Waals surface area contributed by atoms with Gasteiger partial charge in [0.05, 0.1) is 22.3 Å². The zero-order valence-corrected chi connectivity index (χ0v) is 21.4. The van der Waals surface area contributed by atoms with Crippen molar-refractivity contribution in [3.05, 3.63) is 105 Å². The van der Waals surface area contributed by atoms with E-state index >= 15 is 0 Å². The summed E-state index contributed by atoms with van der Waals surface area (Å²) in [5.74, 6) is 2.06. The Kier molecular flexibility index (Phi) is 7.12. The molecule has 0 aliphatic heterocycles. The minimum absolute atomic E-state index is 0.237. The van der Waals surface area contributed by atoms with Crippen LogP contribution in [0, 0.1) is 73.0 Å². The molecule has 0 radical (unpaired) electrons. The molecule has 0 saturated heterocycles. The van der Waals surface area contributed by atoms with Gasteiger partial charge in [0.15, 0.2) is 0 Å². The van der Waals surface area contributed by atoms with Gasteiger partial charge >= 0.3 is 0 Å². The van der Waals surface area contributed by atoms with Crippen LogP contribution in [0.15, 0.2) is 60.7 Å². The molecule has 0 atom stereocenters. The summed E-state index contributed by atoms with van der Waals surface area (Å²) in [7, 11) is 0. The Hall–Kier alpha value is -5.56. The molecule has 0 fully saturated rings. The van der Waals surface area contributed by atoms with E-state index < -0.39 is 0 Å². The molecule has 0 aromatic heterocycles. The molecule has 0 spiro atoms. The van der Waals surface area contributed by atoms with Gasteiger partial charge in [-0.05, 0) is 98.5 Å². The number of nitrogens with zero attached hydrogens (tertiary/aromatic N) is 4. The van der Waals surface area contributed by atoms with Gasteiger partial charge in [-0.2, -0.15) is 21.0 Å². The van der Waals surface area contributed by atoms with Crippen LogP contribution in [0.5, 0.6) is 23.0 Å². The Labute approximate surface area is 221 Å². The van der Waals surface area contributed by atoms with Gasteiger partial charge in [0.2, 0.25) is 0 Å². The highest BCUT2D eigenvalue weighted by Gasteiger charge is 2.19. The maximum atomic E-state index is 9.46. The third-order valence-electron chi connectivity index (χ3n) is 6.03. The summed E-state index contributed by atoms with van der Waals surface area (Å²) in [6, 6.07) is 25.8. The first-order valence-electron chi connectivity index (χ1n) is 11.7. The molecule has 6 nitrogen and oxygen atoms in total. The average Bonchev–Trinajstić information content (AvgIpc) is 2.91. The van der Waals surface area contributed by atoms with Crippen molar-refractivity contribution >= 4 is 0 Å². The lowest BCUT2D eigenvalue weighted by Gasteiger charge is -2.20. The fraction of sp³-hybridized carbons (Fsp3) is 0.125. The minimum atomic E-state index is 0.237. The number of hydrogen-bond acceptors (Lipinski definition) is 6. The Bertz CT molecular complexity index is 1630. The van der Waals surface area contributed by atoms with E-state index in [0.29, 0.717) is 23.0 Å². The van der Waals surface area contributed by atoms with Crippen LogP contribution in [0.2, 0.25) is 0 Å². The van der Waals surface area contributed by atoms with E-state index in [4.69, 9.17) is 9.47 Å². The Morgan fingerprint density at radius 2 is 0.842 bits per heavy atom. The van der Waals surface area contributed by atoms with E-state index in [-0.39, 0.29) is 22.3 Å². The molecular weight excluding hydrogens is 472 g/mol. The molecule has 0 N–H and O–H groups in total. The molecule has 0 saturated carbocycles. The summed E-state index contributed by atoms with van der Waals surface area (Å²) in [6.07, 6.45) is 0. The van der Waals surface area contributed by atoms with E-state index in [1.807, 2.05) is 76.2 Å². The predicted octanol–water partition coefficient (Wildman–Crippen LogP) is 7.66. The molecule has 0 amide bonds. The molecule has 6 heteroatoms. The van der Waals surface area contributed by atoms with Crippen LogP contribution >= 0.6 is 0 Å². The molecule has 38 heavy (non-hydrogen) atoms. The van der Waals surface area contributed by atoms with E-state index in [1.54, 1.807) is 36.4 Å². The van der Waals surface area contributed by atoms with Gasteiger partial charge in [0, 0.05) is 11.1 Å². The van der Waals surface area contributed by atoms with Crippen molar-refractivity contribution in [2.24, 2.45) is 0 Å². The summed E-state index contributed by atoms with van der Waals surface area (Å²) < 4.78 is 12.7. The standard InChI is InChI=1S/C32H22N4O2/c1-19-9-21(3)31(37-27-7-5-23(15-33)25(13-27)17-35)29(11-19)30-12-20(2)10-22(4)32(30)38-28-8-6-24(16-34)26(14-28)18-36/h5-14H,1-4H3. The first-order chi connectivity index (χ1) is 18.3. The maximum absolute atomic E-state index is 9.46. The number of nitriles is 4. The molecule has 182 valence electrons. The van der Waals surface area contributed by atoms with Gasteiger partial charge in [0.25, 0.3) is 0 Å². The lowest BCUT2D eigenvalue weighted by atomic mass is 9.95. The zero-order valence-electron chi connectivity index (χ0n) is 21.4. The number of aryl methyl sites for hydroxylation is 4. The monoisotopic (exact) mass is 494 g/mol. The summed E-state index contributed by atoms with van der Waals surface area (Å²) in [6.45, 7) is 7.89. The predicted molar refractivity (Wildman–Crippen MR) is 143 cm³/mol. The second-order valence-corrected chi connectivity index (χ2v) is 8.98. The van der Waals surface area contributed by atoms with Gasteiger partial charge in [0.1, 0.15) is 47.3 Å². The highest BCUT2D eigenvalue weighted by atomic mass is 16.5. The van der Waals surface area contributed by atoms with E-state index in [9.17, 15) is 21.0 Å². The fourth-order valence-electron chi connectivity index (χ4n) is 4.37. The van der Waals surface area contributed by atoms with E-state index in [1.165, 1.54) is 0 Å². The van der Waals surface area contributed by atoms with Crippen LogP contribution in [0.4, 0.5) is 0 Å². The van der Waals surface area contributed by atoms with Gasteiger partial charge in [-0.1, -0.05) is 12.1 Å². The topological polar surface area (TPSA) is 114 Å². The van der Waals surface area contributed by atoms with Crippen LogP contribution in [0.1, 0.15) is 44.5 Å².